The second-order valence-corrected chi connectivity index (χ2v) is 5.08. The molecule has 0 aromatic heterocycles. The molecule has 0 aliphatic carbocycles. The molecule has 1 unspecified atom stereocenters. The first-order chi connectivity index (χ1) is 9.00. The van der Waals surface area contributed by atoms with Gasteiger partial charge in [-0.1, -0.05) is 38.5 Å². The molecule has 1 rings (SSSR count). The molecule has 1 aromatic carbocycles. The standard InChI is InChI=1S/C15H21NO3/c1-11(2)8-9-13(15(18)19)10-16-14(17)12-6-4-3-5-7-12/h3-7,11,13H,8-10H2,1-2H3,(H,16,17)(H,18,19). The zero-order chi connectivity index (χ0) is 14.3. The van der Waals surface area contributed by atoms with E-state index in [9.17, 15) is 9.59 Å². The van der Waals surface area contributed by atoms with Crippen molar-refractivity contribution in [3.05, 3.63) is 35.9 Å². The predicted molar refractivity (Wildman–Crippen MR) is 74.0 cm³/mol. The Morgan fingerprint density at radius 2 is 1.79 bits per heavy atom. The smallest absolute Gasteiger partial charge is 0.308 e. The summed E-state index contributed by atoms with van der Waals surface area (Å²) in [6, 6.07) is 8.81. The molecule has 0 saturated heterocycles. The first kappa shape index (κ1) is 15.2. The number of aliphatic carboxylic acids is 1. The summed E-state index contributed by atoms with van der Waals surface area (Å²) in [5.74, 6) is -1.13. The Balaban J connectivity index is 2.48. The van der Waals surface area contributed by atoms with E-state index in [1.54, 1.807) is 24.3 Å². The Kier molecular flexibility index (Phi) is 6.06. The molecule has 4 nitrogen and oxygen atoms in total. The highest BCUT2D eigenvalue weighted by molar-refractivity contribution is 5.94. The van der Waals surface area contributed by atoms with Crippen molar-refractivity contribution < 1.29 is 14.7 Å². The van der Waals surface area contributed by atoms with Crippen LogP contribution in [0.1, 0.15) is 37.0 Å². The molecule has 0 aliphatic rings. The number of carbonyl (C=O) groups is 2. The predicted octanol–water partition coefficient (Wildman–Crippen LogP) is 2.55. The minimum Gasteiger partial charge on any atom is -0.481 e. The highest BCUT2D eigenvalue weighted by atomic mass is 16.4. The minimum atomic E-state index is -0.853. The maximum Gasteiger partial charge on any atom is 0.308 e. The van der Waals surface area contributed by atoms with Crippen LogP contribution in [-0.2, 0) is 4.79 Å². The fourth-order valence-electron chi connectivity index (χ4n) is 1.75. The molecule has 0 aliphatic heterocycles. The van der Waals surface area contributed by atoms with E-state index in [1.807, 2.05) is 6.07 Å². The summed E-state index contributed by atoms with van der Waals surface area (Å²) in [6.07, 6.45) is 1.43. The number of carbonyl (C=O) groups excluding carboxylic acids is 1. The second-order valence-electron chi connectivity index (χ2n) is 5.08. The van der Waals surface area contributed by atoms with E-state index < -0.39 is 11.9 Å². The molecular weight excluding hydrogens is 242 g/mol. The van der Waals surface area contributed by atoms with E-state index in [0.29, 0.717) is 17.9 Å². The molecule has 2 N–H and O–H groups in total. The number of benzene rings is 1. The molecule has 1 amide bonds. The van der Waals surface area contributed by atoms with Crippen LogP contribution in [0.4, 0.5) is 0 Å². The van der Waals surface area contributed by atoms with Crippen molar-refractivity contribution >= 4 is 11.9 Å². The topological polar surface area (TPSA) is 66.4 Å². The van der Waals surface area contributed by atoms with Crippen molar-refractivity contribution in [1.82, 2.24) is 5.32 Å². The first-order valence-corrected chi connectivity index (χ1v) is 6.56. The van der Waals surface area contributed by atoms with Crippen LogP contribution in [0.3, 0.4) is 0 Å². The van der Waals surface area contributed by atoms with E-state index in [2.05, 4.69) is 19.2 Å². The summed E-state index contributed by atoms with van der Waals surface area (Å²) in [4.78, 5) is 22.9. The average molecular weight is 263 g/mol. The molecule has 104 valence electrons. The fraction of sp³-hybridized carbons (Fsp3) is 0.467. The van der Waals surface area contributed by atoms with Gasteiger partial charge in [0.25, 0.3) is 5.91 Å². The summed E-state index contributed by atoms with van der Waals surface area (Å²) in [5, 5.41) is 11.8. The molecule has 1 aromatic rings. The molecule has 1 atom stereocenters. The lowest BCUT2D eigenvalue weighted by Crippen LogP contribution is -2.33. The van der Waals surface area contributed by atoms with E-state index in [4.69, 9.17) is 5.11 Å². The normalized spacial score (nSPS) is 12.2. The summed E-state index contributed by atoms with van der Waals surface area (Å²) < 4.78 is 0. The van der Waals surface area contributed by atoms with Crippen LogP contribution < -0.4 is 5.32 Å². The largest absolute Gasteiger partial charge is 0.481 e. The highest BCUT2D eigenvalue weighted by Crippen LogP contribution is 2.12. The highest BCUT2D eigenvalue weighted by Gasteiger charge is 2.18. The van der Waals surface area contributed by atoms with Crippen molar-refractivity contribution in [3.8, 4) is 0 Å². The second kappa shape index (κ2) is 7.56. The number of amides is 1. The Bertz CT molecular complexity index is 415. The maximum atomic E-state index is 11.8. The fourth-order valence-corrected chi connectivity index (χ4v) is 1.75. The Labute approximate surface area is 113 Å². The van der Waals surface area contributed by atoms with Crippen LogP contribution in [0.25, 0.3) is 0 Å². The van der Waals surface area contributed by atoms with E-state index in [0.717, 1.165) is 6.42 Å². The molecular formula is C15H21NO3. The zero-order valence-electron chi connectivity index (χ0n) is 11.4. The monoisotopic (exact) mass is 263 g/mol. The van der Waals surface area contributed by atoms with Gasteiger partial charge in [0.1, 0.15) is 0 Å². The third kappa shape index (κ3) is 5.55. The lowest BCUT2D eigenvalue weighted by atomic mass is 9.98. The van der Waals surface area contributed by atoms with Gasteiger partial charge >= 0.3 is 5.97 Å². The average Bonchev–Trinajstić information content (AvgIpc) is 2.38. The number of carboxylic acids is 1. The van der Waals surface area contributed by atoms with E-state index >= 15 is 0 Å². The van der Waals surface area contributed by atoms with Gasteiger partial charge in [-0.2, -0.15) is 0 Å². The van der Waals surface area contributed by atoms with Crippen molar-refractivity contribution in [1.29, 1.82) is 0 Å². The SMILES string of the molecule is CC(C)CCC(CNC(=O)c1ccccc1)C(=O)O. The van der Waals surface area contributed by atoms with Crippen LogP contribution >= 0.6 is 0 Å². The van der Waals surface area contributed by atoms with Crippen molar-refractivity contribution in [3.63, 3.8) is 0 Å². The number of hydrogen-bond donors (Lipinski definition) is 2. The summed E-state index contributed by atoms with van der Waals surface area (Å²) in [7, 11) is 0. The van der Waals surface area contributed by atoms with Crippen LogP contribution in [0.2, 0.25) is 0 Å². The minimum absolute atomic E-state index is 0.176. The van der Waals surface area contributed by atoms with Crippen LogP contribution in [-0.4, -0.2) is 23.5 Å². The van der Waals surface area contributed by atoms with Gasteiger partial charge in [0.15, 0.2) is 0 Å². The van der Waals surface area contributed by atoms with E-state index in [1.165, 1.54) is 0 Å². The summed E-state index contributed by atoms with van der Waals surface area (Å²) in [5.41, 5.74) is 0.551. The van der Waals surface area contributed by atoms with Gasteiger partial charge in [-0.15, -0.1) is 0 Å². The Morgan fingerprint density at radius 3 is 2.32 bits per heavy atom. The molecule has 19 heavy (non-hydrogen) atoms. The quantitative estimate of drug-likeness (QED) is 0.794. The zero-order valence-corrected chi connectivity index (χ0v) is 11.4. The third-order valence-corrected chi connectivity index (χ3v) is 2.99. The number of rotatable bonds is 7. The van der Waals surface area contributed by atoms with Gasteiger partial charge in [-0.3, -0.25) is 9.59 Å². The van der Waals surface area contributed by atoms with Gasteiger partial charge in [0, 0.05) is 12.1 Å². The number of nitrogens with one attached hydrogen (secondary N) is 1. The van der Waals surface area contributed by atoms with Gasteiger partial charge in [-0.05, 0) is 24.5 Å². The molecule has 0 radical (unpaired) electrons. The van der Waals surface area contributed by atoms with Crippen LogP contribution in [0.15, 0.2) is 30.3 Å². The molecule has 0 bridgehead atoms. The number of carboxylic acid groups (broad SMARTS) is 1. The lowest BCUT2D eigenvalue weighted by molar-refractivity contribution is -0.141. The van der Waals surface area contributed by atoms with Crippen molar-refractivity contribution in [2.75, 3.05) is 6.54 Å². The molecule has 0 fully saturated rings. The Hall–Kier alpha value is -1.84. The van der Waals surface area contributed by atoms with Crippen molar-refractivity contribution in [2.45, 2.75) is 26.7 Å². The van der Waals surface area contributed by atoms with Crippen LogP contribution in [0.5, 0.6) is 0 Å². The maximum absolute atomic E-state index is 11.8. The van der Waals surface area contributed by atoms with Crippen molar-refractivity contribution in [2.24, 2.45) is 11.8 Å². The summed E-state index contributed by atoms with van der Waals surface area (Å²) >= 11 is 0. The van der Waals surface area contributed by atoms with E-state index in [-0.39, 0.29) is 12.5 Å². The molecule has 0 saturated carbocycles. The van der Waals surface area contributed by atoms with Gasteiger partial charge in [-0.25, -0.2) is 0 Å². The summed E-state index contributed by atoms with van der Waals surface area (Å²) in [6.45, 7) is 4.29. The molecule has 0 spiro atoms. The lowest BCUT2D eigenvalue weighted by Gasteiger charge is -2.14. The molecule has 4 heteroatoms. The van der Waals surface area contributed by atoms with Crippen LogP contribution in [0, 0.1) is 11.8 Å². The van der Waals surface area contributed by atoms with Gasteiger partial charge in [0.05, 0.1) is 5.92 Å². The Morgan fingerprint density at radius 1 is 1.16 bits per heavy atom. The van der Waals surface area contributed by atoms with Gasteiger partial charge in [0.2, 0.25) is 0 Å². The van der Waals surface area contributed by atoms with Gasteiger partial charge < -0.3 is 10.4 Å². The molecule has 0 heterocycles. The third-order valence-electron chi connectivity index (χ3n) is 2.99. The first-order valence-electron chi connectivity index (χ1n) is 6.56. The number of hydrogen-bond acceptors (Lipinski definition) is 2.